The van der Waals surface area contributed by atoms with Crippen LogP contribution in [0.1, 0.15) is 19.3 Å². The molecule has 0 unspecified atom stereocenters. The highest BCUT2D eigenvalue weighted by Crippen LogP contribution is 2.16. The highest BCUT2D eigenvalue weighted by atomic mass is 32.2. The van der Waals surface area contributed by atoms with Crippen LogP contribution in [0.4, 0.5) is 0 Å². The molecule has 0 radical (unpaired) electrons. The summed E-state index contributed by atoms with van der Waals surface area (Å²) in [6, 6.07) is 0.997. The van der Waals surface area contributed by atoms with Crippen LogP contribution in [0, 0.1) is 0 Å². The number of H-pyrrole nitrogens is 1. The molecule has 0 aromatic carbocycles. The molecule has 1 aliphatic rings. The van der Waals surface area contributed by atoms with Gasteiger partial charge < -0.3 is 15.0 Å². The van der Waals surface area contributed by atoms with E-state index in [4.69, 9.17) is 5.11 Å². The van der Waals surface area contributed by atoms with Gasteiger partial charge in [-0.25, -0.2) is 0 Å². The second-order valence-corrected chi connectivity index (χ2v) is 5.10. The standard InChI is InChI=1S/C11H15N3O3S/c15-8-6-9(16)13-11(12-8)18-7-10(17)14-4-2-1-3-5-14/h6H,1-5,7H2,(H2,12,13,15,16). The molecule has 98 valence electrons. The van der Waals surface area contributed by atoms with Gasteiger partial charge in [-0.3, -0.25) is 9.59 Å². The zero-order valence-electron chi connectivity index (χ0n) is 9.89. The smallest absolute Gasteiger partial charge is 0.255 e. The van der Waals surface area contributed by atoms with E-state index in [-0.39, 0.29) is 22.7 Å². The first-order valence-electron chi connectivity index (χ1n) is 5.86. The fourth-order valence-corrected chi connectivity index (χ4v) is 2.63. The Hall–Kier alpha value is -1.50. The monoisotopic (exact) mass is 269 g/mol. The van der Waals surface area contributed by atoms with E-state index >= 15 is 0 Å². The summed E-state index contributed by atoms with van der Waals surface area (Å²) in [4.78, 5) is 31.0. The molecular formula is C11H15N3O3S. The van der Waals surface area contributed by atoms with Gasteiger partial charge in [-0.15, -0.1) is 0 Å². The van der Waals surface area contributed by atoms with Crippen molar-refractivity contribution in [1.29, 1.82) is 0 Å². The van der Waals surface area contributed by atoms with Crippen LogP contribution < -0.4 is 5.56 Å². The van der Waals surface area contributed by atoms with Crippen molar-refractivity contribution in [1.82, 2.24) is 14.9 Å². The van der Waals surface area contributed by atoms with Crippen LogP contribution in [0.3, 0.4) is 0 Å². The summed E-state index contributed by atoms with van der Waals surface area (Å²) in [5, 5.41) is 9.44. The maximum atomic E-state index is 11.9. The number of carbonyl (C=O) groups excluding carboxylic acids is 1. The van der Waals surface area contributed by atoms with Crippen molar-refractivity contribution < 1.29 is 9.90 Å². The number of aromatic hydroxyl groups is 1. The molecule has 6 nitrogen and oxygen atoms in total. The van der Waals surface area contributed by atoms with E-state index in [0.717, 1.165) is 43.8 Å². The fourth-order valence-electron chi connectivity index (χ4n) is 1.86. The Morgan fingerprint density at radius 1 is 1.44 bits per heavy atom. The molecule has 1 saturated heterocycles. The molecule has 7 heteroatoms. The van der Waals surface area contributed by atoms with Crippen LogP contribution in [0.15, 0.2) is 16.0 Å². The van der Waals surface area contributed by atoms with Gasteiger partial charge in [-0.2, -0.15) is 4.98 Å². The summed E-state index contributed by atoms with van der Waals surface area (Å²) < 4.78 is 0. The summed E-state index contributed by atoms with van der Waals surface area (Å²) in [7, 11) is 0. The lowest BCUT2D eigenvalue weighted by Crippen LogP contribution is -2.36. The second kappa shape index (κ2) is 5.90. The molecule has 2 rings (SSSR count). The van der Waals surface area contributed by atoms with Crippen molar-refractivity contribution in [2.45, 2.75) is 24.4 Å². The number of aromatic nitrogens is 2. The Morgan fingerprint density at radius 3 is 2.83 bits per heavy atom. The van der Waals surface area contributed by atoms with Crippen LogP contribution in [0.5, 0.6) is 5.88 Å². The second-order valence-electron chi connectivity index (χ2n) is 4.14. The summed E-state index contributed by atoms with van der Waals surface area (Å²) in [5.74, 6) is -0.0517. The van der Waals surface area contributed by atoms with Crippen molar-refractivity contribution >= 4 is 17.7 Å². The molecule has 2 heterocycles. The average Bonchev–Trinajstić information content (AvgIpc) is 2.36. The molecule has 1 fully saturated rings. The molecule has 1 aromatic rings. The van der Waals surface area contributed by atoms with Gasteiger partial charge in [0.2, 0.25) is 11.8 Å². The molecule has 0 saturated carbocycles. The van der Waals surface area contributed by atoms with E-state index < -0.39 is 5.56 Å². The number of rotatable bonds is 3. The van der Waals surface area contributed by atoms with Crippen molar-refractivity contribution in [3.8, 4) is 5.88 Å². The summed E-state index contributed by atoms with van der Waals surface area (Å²) >= 11 is 1.13. The lowest BCUT2D eigenvalue weighted by Gasteiger charge is -2.26. The first-order chi connectivity index (χ1) is 8.65. The van der Waals surface area contributed by atoms with Gasteiger partial charge in [-0.1, -0.05) is 11.8 Å². The van der Waals surface area contributed by atoms with Crippen molar-refractivity contribution in [2.24, 2.45) is 0 Å². The minimum absolute atomic E-state index is 0.0469. The van der Waals surface area contributed by atoms with E-state index in [1.807, 2.05) is 4.90 Å². The van der Waals surface area contributed by atoms with E-state index in [9.17, 15) is 9.59 Å². The number of nitrogens with zero attached hydrogens (tertiary/aromatic N) is 2. The molecule has 1 aliphatic heterocycles. The minimum Gasteiger partial charge on any atom is -0.493 e. The zero-order chi connectivity index (χ0) is 13.0. The van der Waals surface area contributed by atoms with Crippen LogP contribution >= 0.6 is 11.8 Å². The maximum absolute atomic E-state index is 11.9. The average molecular weight is 269 g/mol. The van der Waals surface area contributed by atoms with Crippen LogP contribution in [0.25, 0.3) is 0 Å². The lowest BCUT2D eigenvalue weighted by molar-refractivity contribution is -0.129. The number of thioether (sulfide) groups is 1. The number of hydrogen-bond donors (Lipinski definition) is 2. The molecular weight excluding hydrogens is 254 g/mol. The number of likely N-dealkylation sites (tertiary alicyclic amines) is 1. The van der Waals surface area contributed by atoms with Gasteiger partial charge in [0.05, 0.1) is 11.8 Å². The van der Waals surface area contributed by atoms with Gasteiger partial charge in [0.25, 0.3) is 5.56 Å². The number of hydrogen-bond acceptors (Lipinski definition) is 5. The van der Waals surface area contributed by atoms with Gasteiger partial charge in [0.1, 0.15) is 0 Å². The number of carbonyl (C=O) groups is 1. The maximum Gasteiger partial charge on any atom is 0.255 e. The highest BCUT2D eigenvalue weighted by Gasteiger charge is 2.16. The van der Waals surface area contributed by atoms with Crippen molar-refractivity contribution in [3.05, 3.63) is 16.4 Å². The highest BCUT2D eigenvalue weighted by molar-refractivity contribution is 7.99. The normalized spacial score (nSPS) is 15.7. The summed E-state index contributed by atoms with van der Waals surface area (Å²) in [6.07, 6.45) is 3.29. The van der Waals surface area contributed by atoms with Gasteiger partial charge in [-0.05, 0) is 19.3 Å². The first-order valence-corrected chi connectivity index (χ1v) is 6.84. The van der Waals surface area contributed by atoms with Crippen molar-refractivity contribution in [3.63, 3.8) is 0 Å². The Bertz CT molecular complexity index is 483. The molecule has 0 spiro atoms. The van der Waals surface area contributed by atoms with E-state index in [2.05, 4.69) is 9.97 Å². The molecule has 18 heavy (non-hydrogen) atoms. The molecule has 0 atom stereocenters. The third kappa shape index (κ3) is 3.49. The van der Waals surface area contributed by atoms with E-state index in [1.165, 1.54) is 6.42 Å². The topological polar surface area (TPSA) is 86.3 Å². The summed E-state index contributed by atoms with van der Waals surface area (Å²) in [5.41, 5.74) is -0.421. The Balaban J connectivity index is 1.90. The summed E-state index contributed by atoms with van der Waals surface area (Å²) in [6.45, 7) is 1.62. The minimum atomic E-state index is -0.421. The van der Waals surface area contributed by atoms with E-state index in [0.29, 0.717) is 0 Å². The Kier molecular flexibility index (Phi) is 4.24. The number of piperidine rings is 1. The zero-order valence-corrected chi connectivity index (χ0v) is 10.7. The quantitative estimate of drug-likeness (QED) is 0.619. The van der Waals surface area contributed by atoms with Crippen molar-refractivity contribution in [2.75, 3.05) is 18.8 Å². The SMILES string of the molecule is O=C(CSc1nc(O)cc(=O)[nH]1)N1CCCCC1. The Labute approximate surface area is 108 Å². The van der Waals surface area contributed by atoms with Crippen LogP contribution in [-0.4, -0.2) is 44.7 Å². The van der Waals surface area contributed by atoms with E-state index in [1.54, 1.807) is 0 Å². The number of nitrogens with one attached hydrogen (secondary N) is 1. The third-order valence-electron chi connectivity index (χ3n) is 2.75. The Morgan fingerprint density at radius 2 is 2.17 bits per heavy atom. The predicted molar refractivity (Wildman–Crippen MR) is 67.7 cm³/mol. The van der Waals surface area contributed by atoms with Gasteiger partial charge in [0.15, 0.2) is 5.16 Å². The number of aromatic amines is 1. The lowest BCUT2D eigenvalue weighted by atomic mass is 10.1. The van der Waals surface area contributed by atoms with Gasteiger partial charge in [0, 0.05) is 13.1 Å². The molecule has 2 N–H and O–H groups in total. The molecule has 1 aromatic heterocycles. The third-order valence-corrected chi connectivity index (χ3v) is 3.61. The number of amides is 1. The molecule has 0 bridgehead atoms. The van der Waals surface area contributed by atoms with Gasteiger partial charge >= 0.3 is 0 Å². The van der Waals surface area contributed by atoms with Crippen LogP contribution in [0.2, 0.25) is 0 Å². The fraction of sp³-hybridized carbons (Fsp3) is 0.545. The first kappa shape index (κ1) is 12.9. The van der Waals surface area contributed by atoms with Crippen LogP contribution in [-0.2, 0) is 4.79 Å². The molecule has 1 amide bonds. The largest absolute Gasteiger partial charge is 0.493 e. The molecule has 0 aliphatic carbocycles. The predicted octanol–water partition coefficient (Wildman–Crippen LogP) is 0.580.